The van der Waals surface area contributed by atoms with Gasteiger partial charge in [-0.3, -0.25) is 4.68 Å². The molecule has 2 aromatic rings. The van der Waals surface area contributed by atoms with Crippen LogP contribution in [0.4, 0.5) is 5.95 Å². The van der Waals surface area contributed by atoms with Gasteiger partial charge in [0, 0.05) is 11.8 Å². The predicted molar refractivity (Wildman–Crippen MR) is 115 cm³/mol. The highest BCUT2D eigenvalue weighted by Crippen LogP contribution is 2.44. The second kappa shape index (κ2) is 6.91. The second-order valence-electron chi connectivity index (χ2n) is 9.87. The monoisotopic (exact) mass is 417 g/mol. The molecular weight excluding hydrogens is 386 g/mol. The molecule has 0 radical (unpaired) electrons. The zero-order chi connectivity index (χ0) is 21.8. The van der Waals surface area contributed by atoms with Crippen molar-refractivity contribution in [2.24, 2.45) is 0 Å². The van der Waals surface area contributed by atoms with Crippen LogP contribution in [0.25, 0.3) is 11.4 Å². The molecule has 8 nitrogen and oxygen atoms in total. The third kappa shape index (κ3) is 3.80. The average Bonchev–Trinajstić information content (AvgIpc) is 2.95. The van der Waals surface area contributed by atoms with Crippen LogP contribution in [0.2, 0.25) is 18.1 Å². The standard InChI is InChI=1S/C20H31N5O3Si/c1-19(2,3)29(6,7)28-9-8-25-16-13(15(24-25)17(26)27)20(4,5)10-12-11-22-18(21)23-14(12)16/h11H,8-10H2,1-7H3,(H,26,27)(H2,21,22,23). The van der Waals surface area contributed by atoms with Crippen LogP contribution in [-0.2, 0) is 22.8 Å². The van der Waals surface area contributed by atoms with Crippen molar-refractivity contribution in [1.82, 2.24) is 19.7 Å². The number of hydrogen-bond acceptors (Lipinski definition) is 6. The van der Waals surface area contributed by atoms with E-state index in [1.54, 1.807) is 10.9 Å². The molecule has 29 heavy (non-hydrogen) atoms. The van der Waals surface area contributed by atoms with Crippen molar-refractivity contribution in [3.05, 3.63) is 23.0 Å². The maximum absolute atomic E-state index is 12.0. The van der Waals surface area contributed by atoms with E-state index in [4.69, 9.17) is 10.2 Å². The lowest BCUT2D eigenvalue weighted by atomic mass is 9.73. The van der Waals surface area contributed by atoms with E-state index in [0.29, 0.717) is 36.5 Å². The smallest absolute Gasteiger partial charge is 0.356 e. The van der Waals surface area contributed by atoms with E-state index in [0.717, 1.165) is 5.56 Å². The number of nitrogen functional groups attached to an aromatic ring is 1. The number of aromatic carboxylic acids is 1. The van der Waals surface area contributed by atoms with Crippen LogP contribution in [-0.4, -0.2) is 45.7 Å². The number of carbonyl (C=O) groups is 1. The molecule has 0 fully saturated rings. The third-order valence-electron chi connectivity index (χ3n) is 6.14. The van der Waals surface area contributed by atoms with Gasteiger partial charge in [-0.25, -0.2) is 14.8 Å². The molecular formula is C20H31N5O3Si. The van der Waals surface area contributed by atoms with E-state index >= 15 is 0 Å². The average molecular weight is 418 g/mol. The number of fused-ring (bicyclic) bond motifs is 3. The normalized spacial score (nSPS) is 15.7. The first kappa shape index (κ1) is 21.4. The van der Waals surface area contributed by atoms with Crippen molar-refractivity contribution in [1.29, 1.82) is 0 Å². The lowest BCUT2D eigenvalue weighted by Crippen LogP contribution is -2.41. The van der Waals surface area contributed by atoms with Gasteiger partial charge in [0.25, 0.3) is 0 Å². The Labute approximate surface area is 172 Å². The molecule has 1 aliphatic carbocycles. The van der Waals surface area contributed by atoms with Gasteiger partial charge in [0.15, 0.2) is 14.0 Å². The maximum Gasteiger partial charge on any atom is 0.356 e. The van der Waals surface area contributed by atoms with Crippen molar-refractivity contribution in [3.8, 4) is 11.4 Å². The summed E-state index contributed by atoms with van der Waals surface area (Å²) in [7, 11) is -1.92. The Bertz CT molecular complexity index is 960. The Morgan fingerprint density at radius 3 is 2.62 bits per heavy atom. The van der Waals surface area contributed by atoms with Gasteiger partial charge in [0.1, 0.15) is 0 Å². The summed E-state index contributed by atoms with van der Waals surface area (Å²) in [4.78, 5) is 20.5. The molecule has 0 amide bonds. The minimum atomic E-state index is -1.92. The topological polar surface area (TPSA) is 116 Å². The number of rotatable bonds is 5. The highest BCUT2D eigenvalue weighted by molar-refractivity contribution is 6.74. The molecule has 0 unspecified atom stereocenters. The van der Waals surface area contributed by atoms with Crippen LogP contribution in [0.15, 0.2) is 6.20 Å². The minimum absolute atomic E-state index is 0.0696. The summed E-state index contributed by atoms with van der Waals surface area (Å²) in [5.41, 5.74) is 8.52. The molecule has 0 atom stereocenters. The molecule has 2 aromatic heterocycles. The van der Waals surface area contributed by atoms with Crippen LogP contribution >= 0.6 is 0 Å². The van der Waals surface area contributed by atoms with Crippen LogP contribution in [0.5, 0.6) is 0 Å². The van der Waals surface area contributed by atoms with Crippen molar-refractivity contribution >= 4 is 20.2 Å². The van der Waals surface area contributed by atoms with Crippen molar-refractivity contribution < 1.29 is 14.3 Å². The van der Waals surface area contributed by atoms with Gasteiger partial charge in [-0.1, -0.05) is 34.6 Å². The Morgan fingerprint density at radius 1 is 1.38 bits per heavy atom. The molecule has 0 bridgehead atoms. The van der Waals surface area contributed by atoms with Gasteiger partial charge in [-0.05, 0) is 35.5 Å². The van der Waals surface area contributed by atoms with Crippen molar-refractivity contribution in [2.75, 3.05) is 12.3 Å². The quantitative estimate of drug-likeness (QED) is 0.715. The fourth-order valence-electron chi connectivity index (χ4n) is 3.58. The van der Waals surface area contributed by atoms with E-state index in [1.807, 2.05) is 13.8 Å². The zero-order valence-electron chi connectivity index (χ0n) is 18.3. The van der Waals surface area contributed by atoms with Gasteiger partial charge in [-0.15, -0.1) is 0 Å². The summed E-state index contributed by atoms with van der Waals surface area (Å²) in [6.07, 6.45) is 2.36. The van der Waals surface area contributed by atoms with E-state index < -0.39 is 19.7 Å². The van der Waals surface area contributed by atoms with Gasteiger partial charge in [0.2, 0.25) is 5.95 Å². The van der Waals surface area contributed by atoms with Crippen molar-refractivity contribution in [2.45, 2.75) is 71.1 Å². The minimum Gasteiger partial charge on any atom is -0.476 e. The Balaban J connectivity index is 2.05. The van der Waals surface area contributed by atoms with Gasteiger partial charge in [-0.2, -0.15) is 5.10 Å². The van der Waals surface area contributed by atoms with Gasteiger partial charge in [0.05, 0.1) is 24.5 Å². The molecule has 0 spiro atoms. The molecule has 3 rings (SSSR count). The first-order valence-corrected chi connectivity index (χ1v) is 12.8. The summed E-state index contributed by atoms with van der Waals surface area (Å²) >= 11 is 0. The first-order chi connectivity index (χ1) is 13.2. The molecule has 3 N–H and O–H groups in total. The predicted octanol–water partition coefficient (Wildman–Crippen LogP) is 3.48. The van der Waals surface area contributed by atoms with Crippen LogP contribution < -0.4 is 5.73 Å². The summed E-state index contributed by atoms with van der Waals surface area (Å²) in [6, 6.07) is 0. The lowest BCUT2D eigenvalue weighted by molar-refractivity contribution is 0.0686. The second-order valence-corrected chi connectivity index (χ2v) is 14.7. The number of carboxylic acids is 1. The number of aromatic nitrogens is 4. The summed E-state index contributed by atoms with van der Waals surface area (Å²) in [5.74, 6) is -0.875. The third-order valence-corrected chi connectivity index (χ3v) is 10.7. The van der Waals surface area contributed by atoms with Gasteiger partial charge >= 0.3 is 5.97 Å². The van der Waals surface area contributed by atoms with E-state index in [2.05, 4.69) is 48.9 Å². The van der Waals surface area contributed by atoms with Crippen LogP contribution in [0.1, 0.15) is 56.2 Å². The zero-order valence-corrected chi connectivity index (χ0v) is 19.3. The van der Waals surface area contributed by atoms with Gasteiger partial charge < -0.3 is 15.3 Å². The molecule has 2 heterocycles. The number of hydrogen-bond donors (Lipinski definition) is 2. The summed E-state index contributed by atoms with van der Waals surface area (Å²) in [6.45, 7) is 15.9. The maximum atomic E-state index is 12.0. The molecule has 0 saturated carbocycles. The van der Waals surface area contributed by atoms with Crippen molar-refractivity contribution in [3.63, 3.8) is 0 Å². The highest BCUT2D eigenvalue weighted by atomic mass is 28.4. The van der Waals surface area contributed by atoms with E-state index in [-0.39, 0.29) is 16.7 Å². The fourth-order valence-corrected chi connectivity index (χ4v) is 4.61. The Hall–Kier alpha value is -2.26. The number of carboxylic acid groups (broad SMARTS) is 1. The Kier molecular flexibility index (Phi) is 5.11. The summed E-state index contributed by atoms with van der Waals surface area (Å²) in [5, 5.41) is 14.3. The number of anilines is 1. The largest absolute Gasteiger partial charge is 0.476 e. The highest BCUT2D eigenvalue weighted by Gasteiger charge is 2.41. The number of nitrogens with zero attached hydrogens (tertiary/aromatic N) is 4. The van der Waals surface area contributed by atoms with Crippen LogP contribution in [0.3, 0.4) is 0 Å². The van der Waals surface area contributed by atoms with E-state index in [9.17, 15) is 9.90 Å². The number of nitrogens with two attached hydrogens (primary N) is 1. The summed E-state index contributed by atoms with van der Waals surface area (Å²) < 4.78 is 8.02. The molecule has 158 valence electrons. The fraction of sp³-hybridized carbons (Fsp3) is 0.600. The SMILES string of the molecule is CC1(C)Cc2cnc(N)nc2-c2c1c(C(=O)O)nn2CCO[Si](C)(C)C(C)(C)C. The molecule has 0 saturated heterocycles. The lowest BCUT2D eigenvalue weighted by Gasteiger charge is -2.36. The molecule has 0 aliphatic heterocycles. The molecule has 0 aromatic carbocycles. The van der Waals surface area contributed by atoms with Crippen LogP contribution in [0, 0.1) is 0 Å². The first-order valence-electron chi connectivity index (χ1n) is 9.85. The Morgan fingerprint density at radius 2 is 2.03 bits per heavy atom. The molecule has 1 aliphatic rings. The van der Waals surface area contributed by atoms with E-state index in [1.165, 1.54) is 0 Å². The molecule has 9 heteroatoms.